The molecule has 38 heavy (non-hydrogen) atoms. The fourth-order valence-corrected chi connectivity index (χ4v) is 5.50. The van der Waals surface area contributed by atoms with Crippen molar-refractivity contribution in [2.24, 2.45) is 0 Å². The van der Waals surface area contributed by atoms with Gasteiger partial charge in [0.25, 0.3) is 10.0 Å². The Bertz CT molecular complexity index is 1550. The van der Waals surface area contributed by atoms with Crippen LogP contribution in [-0.4, -0.2) is 42.8 Å². The lowest BCUT2D eigenvalue weighted by Crippen LogP contribution is -2.32. The highest BCUT2D eigenvalue weighted by molar-refractivity contribution is 7.92. The molecule has 0 unspecified atom stereocenters. The Morgan fingerprint density at radius 3 is 2.34 bits per heavy atom. The molecule has 0 aliphatic heterocycles. The zero-order chi connectivity index (χ0) is 27.4. The molecule has 0 amide bonds. The van der Waals surface area contributed by atoms with E-state index in [2.05, 4.69) is 15.4 Å². The van der Waals surface area contributed by atoms with Gasteiger partial charge >= 0.3 is 0 Å². The van der Waals surface area contributed by atoms with E-state index >= 15 is 0 Å². The number of sulfonamides is 1. The summed E-state index contributed by atoms with van der Waals surface area (Å²) in [5.41, 5.74) is 0.183. The number of ether oxygens (including phenoxy) is 2. The summed E-state index contributed by atoms with van der Waals surface area (Å²) in [5.74, 6) is -0.870. The summed E-state index contributed by atoms with van der Waals surface area (Å²) in [6, 6.07) is 12.1. The van der Waals surface area contributed by atoms with Crippen molar-refractivity contribution in [3.05, 3.63) is 88.2 Å². The lowest BCUT2D eigenvalue weighted by Gasteiger charge is -2.26. The average molecular weight is 564 g/mol. The second kappa shape index (κ2) is 11.3. The van der Waals surface area contributed by atoms with Gasteiger partial charge in [-0.2, -0.15) is 4.80 Å². The summed E-state index contributed by atoms with van der Waals surface area (Å²) in [7, 11) is -1.48. The van der Waals surface area contributed by atoms with Crippen LogP contribution >= 0.6 is 11.6 Å². The maximum absolute atomic E-state index is 14.6. The van der Waals surface area contributed by atoms with Crippen molar-refractivity contribution in [1.29, 1.82) is 0 Å². The number of aromatic nitrogens is 4. The topological polar surface area (TPSA) is 99.4 Å². The summed E-state index contributed by atoms with van der Waals surface area (Å²) >= 11 is 6.23. The Labute approximate surface area is 223 Å². The summed E-state index contributed by atoms with van der Waals surface area (Å²) in [6.07, 6.45) is -0.262. The molecule has 3 aromatic carbocycles. The van der Waals surface area contributed by atoms with Crippen molar-refractivity contribution in [2.45, 2.75) is 31.3 Å². The van der Waals surface area contributed by atoms with E-state index in [-0.39, 0.29) is 51.3 Å². The number of nitrogens with zero attached hydrogens (tertiary/aromatic N) is 5. The van der Waals surface area contributed by atoms with Crippen LogP contribution in [0, 0.1) is 11.6 Å². The number of hydrogen-bond acceptors (Lipinski definition) is 7. The normalized spacial score (nSPS) is 11.4. The van der Waals surface area contributed by atoms with Crippen LogP contribution < -0.4 is 13.8 Å². The van der Waals surface area contributed by atoms with Gasteiger partial charge in [0.2, 0.25) is 0 Å². The molecule has 0 spiro atoms. The second-order valence-corrected chi connectivity index (χ2v) is 10.4. The molecule has 13 heteroatoms. The zero-order valence-corrected chi connectivity index (χ0v) is 22.3. The molecule has 0 saturated heterocycles. The molecule has 0 N–H and O–H groups in total. The van der Waals surface area contributed by atoms with Crippen molar-refractivity contribution < 1.29 is 26.7 Å². The summed E-state index contributed by atoms with van der Waals surface area (Å²) < 4.78 is 68.8. The predicted octanol–water partition coefficient (Wildman–Crippen LogP) is 4.63. The molecular weight excluding hydrogens is 540 g/mol. The van der Waals surface area contributed by atoms with Gasteiger partial charge in [0.05, 0.1) is 37.9 Å². The first-order valence-electron chi connectivity index (χ1n) is 11.4. The Morgan fingerprint density at radius 2 is 1.71 bits per heavy atom. The van der Waals surface area contributed by atoms with Gasteiger partial charge < -0.3 is 9.47 Å². The lowest BCUT2D eigenvalue weighted by molar-refractivity contribution is 0.354. The summed E-state index contributed by atoms with van der Waals surface area (Å²) in [6.45, 7) is 1.92. The Hall–Kier alpha value is -3.77. The van der Waals surface area contributed by atoms with Gasteiger partial charge in [-0.05, 0) is 60.2 Å². The van der Waals surface area contributed by atoms with Gasteiger partial charge in [0, 0.05) is 23.1 Å². The molecule has 0 aliphatic carbocycles. The first-order valence-corrected chi connectivity index (χ1v) is 13.2. The van der Waals surface area contributed by atoms with Gasteiger partial charge in [0.15, 0.2) is 17.3 Å². The van der Waals surface area contributed by atoms with E-state index in [1.165, 1.54) is 61.5 Å². The van der Waals surface area contributed by atoms with Gasteiger partial charge in [-0.3, -0.25) is 4.31 Å². The zero-order valence-electron chi connectivity index (χ0n) is 20.7. The van der Waals surface area contributed by atoms with E-state index in [1.807, 2.05) is 6.92 Å². The van der Waals surface area contributed by atoms with Crippen LogP contribution in [0.3, 0.4) is 0 Å². The van der Waals surface area contributed by atoms with Crippen LogP contribution in [0.2, 0.25) is 5.02 Å². The van der Waals surface area contributed by atoms with Crippen molar-refractivity contribution in [3.63, 3.8) is 0 Å². The molecule has 0 saturated carbocycles. The fourth-order valence-electron chi connectivity index (χ4n) is 3.84. The van der Waals surface area contributed by atoms with E-state index < -0.39 is 21.7 Å². The quantitative estimate of drug-likeness (QED) is 0.277. The third-order valence-corrected chi connectivity index (χ3v) is 7.74. The van der Waals surface area contributed by atoms with Crippen molar-refractivity contribution in [1.82, 2.24) is 20.2 Å². The molecule has 1 heterocycles. The maximum Gasteiger partial charge on any atom is 0.264 e. The maximum atomic E-state index is 14.6. The van der Waals surface area contributed by atoms with Crippen molar-refractivity contribution >= 4 is 27.3 Å². The molecule has 0 aliphatic rings. The number of benzene rings is 3. The van der Waals surface area contributed by atoms with Crippen molar-refractivity contribution in [3.8, 4) is 11.5 Å². The van der Waals surface area contributed by atoms with Crippen LogP contribution in [0.5, 0.6) is 11.5 Å². The SMILES string of the molecule is CCn1nnc(CN(c2ccc(Cl)cc2Cc2c(F)cccc2F)S(=O)(=O)c2ccc(OC)c(OC)c2)n1. The standard InChI is InChI=1S/C25H24ClF2N5O4S/c1-4-33-30-25(29-31-33)15-32(38(34,35)18-9-11-23(36-2)24(14-18)37-3)22-10-8-17(26)12-16(22)13-19-20(27)6-5-7-21(19)28/h5-12,14H,4,13,15H2,1-3H3. The Morgan fingerprint density at radius 1 is 1.00 bits per heavy atom. The second-order valence-electron chi connectivity index (χ2n) is 8.07. The molecule has 4 aromatic rings. The molecule has 0 bridgehead atoms. The third-order valence-electron chi connectivity index (χ3n) is 5.74. The largest absolute Gasteiger partial charge is 0.493 e. The molecule has 200 valence electrons. The van der Waals surface area contributed by atoms with Gasteiger partial charge in [0.1, 0.15) is 11.6 Å². The van der Waals surface area contributed by atoms with Gasteiger partial charge in [-0.25, -0.2) is 17.2 Å². The highest BCUT2D eigenvalue weighted by Crippen LogP contribution is 2.35. The highest BCUT2D eigenvalue weighted by Gasteiger charge is 2.30. The first-order chi connectivity index (χ1) is 18.2. The molecule has 9 nitrogen and oxygen atoms in total. The van der Waals surface area contributed by atoms with Crippen LogP contribution in [0.1, 0.15) is 23.9 Å². The third kappa shape index (κ3) is 5.55. The average Bonchev–Trinajstić information content (AvgIpc) is 3.37. The van der Waals surface area contributed by atoms with Gasteiger partial charge in [-0.1, -0.05) is 17.7 Å². The minimum Gasteiger partial charge on any atom is -0.493 e. The minimum absolute atomic E-state index is 0.115. The molecular formula is C25H24ClF2N5O4S. The molecule has 4 rings (SSSR count). The number of methoxy groups -OCH3 is 2. The van der Waals surface area contributed by atoms with E-state index in [0.29, 0.717) is 12.3 Å². The number of aryl methyl sites for hydroxylation is 1. The monoisotopic (exact) mass is 563 g/mol. The van der Waals surface area contributed by atoms with Crippen LogP contribution in [-0.2, 0) is 29.5 Å². The van der Waals surface area contributed by atoms with Gasteiger partial charge in [-0.15, -0.1) is 10.2 Å². The van der Waals surface area contributed by atoms with E-state index in [1.54, 1.807) is 0 Å². The molecule has 0 fully saturated rings. The first kappa shape index (κ1) is 27.3. The van der Waals surface area contributed by atoms with E-state index in [9.17, 15) is 17.2 Å². The van der Waals surface area contributed by atoms with Crippen LogP contribution in [0.4, 0.5) is 14.5 Å². The van der Waals surface area contributed by atoms with Crippen LogP contribution in [0.25, 0.3) is 0 Å². The summed E-state index contributed by atoms with van der Waals surface area (Å²) in [4.78, 5) is 1.20. The number of rotatable bonds is 10. The van der Waals surface area contributed by atoms with Crippen molar-refractivity contribution in [2.75, 3.05) is 18.5 Å². The van der Waals surface area contributed by atoms with E-state index in [4.69, 9.17) is 21.1 Å². The number of hydrogen-bond donors (Lipinski definition) is 0. The van der Waals surface area contributed by atoms with Crippen LogP contribution in [0.15, 0.2) is 59.5 Å². The fraction of sp³-hybridized carbons (Fsp3) is 0.240. The highest BCUT2D eigenvalue weighted by atomic mass is 35.5. The Kier molecular flexibility index (Phi) is 8.12. The molecule has 0 atom stereocenters. The number of anilines is 1. The predicted molar refractivity (Wildman–Crippen MR) is 137 cm³/mol. The number of tetrazole rings is 1. The lowest BCUT2D eigenvalue weighted by atomic mass is 10.0. The minimum atomic E-state index is -4.31. The number of halogens is 3. The molecule has 1 aromatic heterocycles. The Balaban J connectivity index is 1.88. The summed E-state index contributed by atoms with van der Waals surface area (Å²) in [5, 5.41) is 12.4. The van der Waals surface area contributed by atoms with E-state index in [0.717, 1.165) is 16.4 Å². The smallest absolute Gasteiger partial charge is 0.264 e. The molecule has 0 radical (unpaired) electrons.